The smallest absolute Gasteiger partial charge is 0.319 e. The largest absolute Gasteiger partial charge is 0.481 e. The molecule has 2 rings (SSSR count). The molecule has 1 heterocycles. The van der Waals surface area contributed by atoms with Crippen molar-refractivity contribution in [2.45, 2.75) is 11.7 Å². The fraction of sp³-hybridized carbons (Fsp3) is 0.429. The number of amides is 2. The van der Waals surface area contributed by atoms with Gasteiger partial charge in [0.25, 0.3) is 0 Å². The molecule has 1 unspecified atom stereocenters. The van der Waals surface area contributed by atoms with Crippen LogP contribution in [0.15, 0.2) is 24.3 Å². The summed E-state index contributed by atoms with van der Waals surface area (Å²) in [5.74, 6) is 2.50. The van der Waals surface area contributed by atoms with Gasteiger partial charge in [0.15, 0.2) is 0 Å². The summed E-state index contributed by atoms with van der Waals surface area (Å²) in [5, 5.41) is 14.8. The summed E-state index contributed by atoms with van der Waals surface area (Å²) in [6.07, 6.45) is -0.0485. The van der Waals surface area contributed by atoms with Gasteiger partial charge in [-0.1, -0.05) is 12.1 Å². The average molecular weight is 326 g/mol. The fourth-order valence-corrected chi connectivity index (χ4v) is 4.58. The third-order valence-corrected chi connectivity index (χ3v) is 5.76. The number of hydrogen-bond donors (Lipinski definition) is 3. The van der Waals surface area contributed by atoms with E-state index < -0.39 is 5.97 Å². The van der Waals surface area contributed by atoms with Crippen molar-refractivity contribution in [3.8, 4) is 0 Å². The number of nitrogens with one attached hydrogen (secondary N) is 2. The van der Waals surface area contributed by atoms with Gasteiger partial charge in [-0.25, -0.2) is 4.79 Å². The van der Waals surface area contributed by atoms with Crippen LogP contribution in [0, 0.1) is 0 Å². The van der Waals surface area contributed by atoms with E-state index in [0.29, 0.717) is 23.0 Å². The molecular weight excluding hydrogens is 308 g/mol. The highest BCUT2D eigenvalue weighted by Crippen LogP contribution is 2.23. The number of hydrogen-bond acceptors (Lipinski definition) is 4. The zero-order valence-electron chi connectivity index (χ0n) is 11.5. The molecule has 0 spiro atoms. The molecule has 0 bridgehead atoms. The summed E-state index contributed by atoms with van der Waals surface area (Å²) in [5.41, 5.74) is 1.27. The molecule has 0 aliphatic carbocycles. The molecule has 0 aromatic heterocycles. The number of aliphatic carboxylic acids is 1. The van der Waals surface area contributed by atoms with Gasteiger partial charge in [-0.2, -0.15) is 23.5 Å². The van der Waals surface area contributed by atoms with E-state index in [1.807, 2.05) is 23.5 Å². The second-order valence-electron chi connectivity index (χ2n) is 4.67. The molecule has 1 atom stereocenters. The maximum absolute atomic E-state index is 11.8. The van der Waals surface area contributed by atoms with E-state index >= 15 is 0 Å². The molecule has 0 saturated carbocycles. The Labute approximate surface area is 132 Å². The van der Waals surface area contributed by atoms with Crippen molar-refractivity contribution in [3.05, 3.63) is 29.8 Å². The van der Waals surface area contributed by atoms with Gasteiger partial charge in [0.2, 0.25) is 0 Å². The summed E-state index contributed by atoms with van der Waals surface area (Å²) >= 11 is 3.81. The summed E-state index contributed by atoms with van der Waals surface area (Å²) in [7, 11) is 0. The summed E-state index contributed by atoms with van der Waals surface area (Å²) < 4.78 is 0. The van der Waals surface area contributed by atoms with Gasteiger partial charge < -0.3 is 15.7 Å². The molecule has 1 fully saturated rings. The zero-order valence-corrected chi connectivity index (χ0v) is 13.1. The lowest BCUT2D eigenvalue weighted by atomic mass is 10.1. The van der Waals surface area contributed by atoms with Crippen LogP contribution in [0.5, 0.6) is 0 Å². The minimum Gasteiger partial charge on any atom is -0.481 e. The number of rotatable bonds is 5. The van der Waals surface area contributed by atoms with E-state index in [9.17, 15) is 9.59 Å². The van der Waals surface area contributed by atoms with Gasteiger partial charge in [0, 0.05) is 34.7 Å². The van der Waals surface area contributed by atoms with E-state index in [-0.39, 0.29) is 12.5 Å². The van der Waals surface area contributed by atoms with Crippen LogP contribution < -0.4 is 10.6 Å². The highest BCUT2D eigenvalue weighted by atomic mass is 32.2. The Hall–Kier alpha value is -1.34. The predicted octanol–water partition coefficient (Wildman–Crippen LogP) is 2.28. The SMILES string of the molecule is O=C(O)Cc1cccc(NC(=O)NCC2CSCCS2)c1. The van der Waals surface area contributed by atoms with Crippen molar-refractivity contribution in [1.82, 2.24) is 5.32 Å². The Morgan fingerprint density at radius 1 is 1.33 bits per heavy atom. The number of carboxylic acids is 1. The van der Waals surface area contributed by atoms with Gasteiger partial charge in [-0.15, -0.1) is 0 Å². The van der Waals surface area contributed by atoms with E-state index in [1.165, 1.54) is 5.75 Å². The first-order chi connectivity index (χ1) is 10.1. The number of carbonyl (C=O) groups excluding carboxylic acids is 1. The topological polar surface area (TPSA) is 78.4 Å². The molecule has 1 aromatic carbocycles. The predicted molar refractivity (Wildman–Crippen MR) is 88.4 cm³/mol. The summed E-state index contributed by atoms with van der Waals surface area (Å²) in [6.45, 7) is 0.651. The molecule has 3 N–H and O–H groups in total. The van der Waals surface area contributed by atoms with Gasteiger partial charge in [-0.3, -0.25) is 4.79 Å². The van der Waals surface area contributed by atoms with Crippen LogP contribution in [0.3, 0.4) is 0 Å². The molecular formula is C14H18N2O3S2. The zero-order chi connectivity index (χ0) is 15.1. The number of thioether (sulfide) groups is 2. The Kier molecular flexibility index (Phi) is 6.25. The standard InChI is InChI=1S/C14H18N2O3S2/c17-13(18)7-10-2-1-3-11(6-10)16-14(19)15-8-12-9-20-4-5-21-12/h1-3,6,12H,4-5,7-9H2,(H,17,18)(H2,15,16,19). The van der Waals surface area contributed by atoms with Crippen molar-refractivity contribution in [1.29, 1.82) is 0 Å². The Morgan fingerprint density at radius 2 is 2.19 bits per heavy atom. The monoisotopic (exact) mass is 326 g/mol. The Bertz CT molecular complexity index is 505. The second kappa shape index (κ2) is 8.19. The van der Waals surface area contributed by atoms with Crippen LogP contribution in [-0.2, 0) is 11.2 Å². The maximum Gasteiger partial charge on any atom is 0.319 e. The molecule has 1 aliphatic rings. The van der Waals surface area contributed by atoms with E-state index in [0.717, 1.165) is 11.5 Å². The van der Waals surface area contributed by atoms with Gasteiger partial charge >= 0.3 is 12.0 Å². The van der Waals surface area contributed by atoms with Crippen molar-refractivity contribution >= 4 is 41.2 Å². The fourth-order valence-electron chi connectivity index (χ4n) is 1.97. The highest BCUT2D eigenvalue weighted by Gasteiger charge is 2.15. The first kappa shape index (κ1) is 16.0. The highest BCUT2D eigenvalue weighted by molar-refractivity contribution is 8.06. The van der Waals surface area contributed by atoms with Crippen LogP contribution >= 0.6 is 23.5 Å². The van der Waals surface area contributed by atoms with Crippen molar-refractivity contribution in [2.24, 2.45) is 0 Å². The van der Waals surface area contributed by atoms with E-state index in [2.05, 4.69) is 10.6 Å². The molecule has 2 amide bonds. The van der Waals surface area contributed by atoms with Crippen LogP contribution in [0.1, 0.15) is 5.56 Å². The average Bonchev–Trinajstić information content (AvgIpc) is 2.46. The van der Waals surface area contributed by atoms with Gasteiger partial charge in [0.1, 0.15) is 0 Å². The molecule has 1 aliphatic heterocycles. The lowest BCUT2D eigenvalue weighted by Crippen LogP contribution is -2.36. The van der Waals surface area contributed by atoms with E-state index in [4.69, 9.17) is 5.11 Å². The molecule has 21 heavy (non-hydrogen) atoms. The molecule has 1 aromatic rings. The second-order valence-corrected chi connectivity index (χ2v) is 7.23. The number of carbonyl (C=O) groups is 2. The molecule has 1 saturated heterocycles. The maximum atomic E-state index is 11.8. The number of benzene rings is 1. The minimum absolute atomic E-state index is 0.0485. The Morgan fingerprint density at radius 3 is 2.90 bits per heavy atom. The number of urea groups is 1. The molecule has 0 radical (unpaired) electrons. The van der Waals surface area contributed by atoms with Crippen molar-refractivity contribution in [2.75, 3.05) is 29.1 Å². The van der Waals surface area contributed by atoms with Crippen LogP contribution in [0.25, 0.3) is 0 Å². The normalized spacial score (nSPS) is 18.0. The first-order valence-corrected chi connectivity index (χ1v) is 8.89. The van der Waals surface area contributed by atoms with Crippen LogP contribution in [0.4, 0.5) is 10.5 Å². The van der Waals surface area contributed by atoms with Crippen molar-refractivity contribution < 1.29 is 14.7 Å². The molecule has 5 nitrogen and oxygen atoms in total. The third kappa shape index (κ3) is 5.89. The van der Waals surface area contributed by atoms with Gasteiger partial charge in [0.05, 0.1) is 6.42 Å². The minimum atomic E-state index is -0.886. The molecule has 7 heteroatoms. The first-order valence-electron chi connectivity index (χ1n) is 6.68. The van der Waals surface area contributed by atoms with Crippen molar-refractivity contribution in [3.63, 3.8) is 0 Å². The van der Waals surface area contributed by atoms with Crippen LogP contribution in [0.2, 0.25) is 0 Å². The lowest BCUT2D eigenvalue weighted by molar-refractivity contribution is -0.136. The summed E-state index contributed by atoms with van der Waals surface area (Å²) in [4.78, 5) is 22.5. The number of carboxylic acid groups (broad SMARTS) is 1. The lowest BCUT2D eigenvalue weighted by Gasteiger charge is -2.21. The van der Waals surface area contributed by atoms with Gasteiger partial charge in [-0.05, 0) is 17.7 Å². The quantitative estimate of drug-likeness (QED) is 0.774. The molecule has 114 valence electrons. The van der Waals surface area contributed by atoms with Crippen LogP contribution in [-0.4, -0.2) is 46.2 Å². The Balaban J connectivity index is 1.80. The summed E-state index contributed by atoms with van der Waals surface area (Å²) in [6, 6.07) is 6.64. The number of anilines is 1. The van der Waals surface area contributed by atoms with E-state index in [1.54, 1.807) is 24.3 Å². The third-order valence-electron chi connectivity index (χ3n) is 2.92.